The fraction of sp³-hybridized carbons (Fsp3) is 0.462. The summed E-state index contributed by atoms with van der Waals surface area (Å²) in [6, 6.07) is 4.01. The van der Waals surface area contributed by atoms with Crippen LogP contribution in [0.25, 0.3) is 0 Å². The summed E-state index contributed by atoms with van der Waals surface area (Å²) in [7, 11) is -3.08. The summed E-state index contributed by atoms with van der Waals surface area (Å²) in [6.07, 6.45) is 0.374. The van der Waals surface area contributed by atoms with Gasteiger partial charge in [-0.2, -0.15) is 0 Å². The summed E-state index contributed by atoms with van der Waals surface area (Å²) in [4.78, 5) is 22.1. The lowest BCUT2D eigenvalue weighted by atomic mass is 10.2. The molecule has 1 N–H and O–H groups in total. The zero-order valence-electron chi connectivity index (χ0n) is 11.9. The molecule has 2 rings (SSSR count). The van der Waals surface area contributed by atoms with Gasteiger partial charge in [0.15, 0.2) is 22.2 Å². The van der Waals surface area contributed by atoms with E-state index < -0.39 is 33.3 Å². The van der Waals surface area contributed by atoms with Crippen molar-refractivity contribution in [1.82, 2.24) is 5.32 Å². The Labute approximate surface area is 127 Å². The van der Waals surface area contributed by atoms with Crippen molar-refractivity contribution in [2.24, 2.45) is 0 Å². The Balaban J connectivity index is 1.93. The standard InChI is InChI=1S/C13H16N2O6S/c1-9-2-3-12(11(6-9)15(17)18)21-7-13(16)14-10-4-5-22(19,20)8-10/h2-3,6,10H,4-5,7-8H2,1H3,(H,14,16)/t10-/m0/s1. The highest BCUT2D eigenvalue weighted by molar-refractivity contribution is 7.91. The maximum atomic E-state index is 11.7. The zero-order chi connectivity index (χ0) is 16.3. The molecule has 0 aliphatic carbocycles. The van der Waals surface area contributed by atoms with Gasteiger partial charge in [-0.05, 0) is 25.0 Å². The van der Waals surface area contributed by atoms with Crippen molar-refractivity contribution < 1.29 is 22.9 Å². The van der Waals surface area contributed by atoms with E-state index in [-0.39, 0.29) is 22.9 Å². The number of hydrogen-bond donors (Lipinski definition) is 1. The van der Waals surface area contributed by atoms with Crippen molar-refractivity contribution >= 4 is 21.4 Å². The van der Waals surface area contributed by atoms with Crippen molar-refractivity contribution in [1.29, 1.82) is 0 Å². The number of nitro benzene ring substituents is 1. The lowest BCUT2D eigenvalue weighted by Crippen LogP contribution is -2.38. The molecule has 1 aromatic carbocycles. The van der Waals surface area contributed by atoms with Gasteiger partial charge in [0.05, 0.1) is 16.4 Å². The van der Waals surface area contributed by atoms with Crippen LogP contribution in [0.5, 0.6) is 5.75 Å². The van der Waals surface area contributed by atoms with Gasteiger partial charge >= 0.3 is 5.69 Å². The molecule has 1 atom stereocenters. The van der Waals surface area contributed by atoms with E-state index >= 15 is 0 Å². The van der Waals surface area contributed by atoms with Gasteiger partial charge in [-0.15, -0.1) is 0 Å². The number of ether oxygens (including phenoxy) is 1. The van der Waals surface area contributed by atoms with Crippen molar-refractivity contribution in [3.05, 3.63) is 33.9 Å². The second-order valence-electron chi connectivity index (χ2n) is 5.18. The zero-order valence-corrected chi connectivity index (χ0v) is 12.8. The second-order valence-corrected chi connectivity index (χ2v) is 7.41. The molecular formula is C13H16N2O6S. The first-order valence-corrected chi connectivity index (χ1v) is 8.46. The predicted molar refractivity (Wildman–Crippen MR) is 78.5 cm³/mol. The highest BCUT2D eigenvalue weighted by Gasteiger charge is 2.29. The molecule has 1 fully saturated rings. The lowest BCUT2D eigenvalue weighted by Gasteiger charge is -2.11. The van der Waals surface area contributed by atoms with E-state index in [1.54, 1.807) is 13.0 Å². The van der Waals surface area contributed by atoms with Gasteiger partial charge < -0.3 is 10.1 Å². The fourth-order valence-electron chi connectivity index (χ4n) is 2.21. The normalized spacial score (nSPS) is 19.6. The first kappa shape index (κ1) is 16.2. The summed E-state index contributed by atoms with van der Waals surface area (Å²) in [5.41, 5.74) is 0.496. The number of benzene rings is 1. The number of sulfone groups is 1. The molecular weight excluding hydrogens is 312 g/mol. The molecule has 8 nitrogen and oxygen atoms in total. The summed E-state index contributed by atoms with van der Waals surface area (Å²) >= 11 is 0. The van der Waals surface area contributed by atoms with Crippen LogP contribution in [0.1, 0.15) is 12.0 Å². The smallest absolute Gasteiger partial charge is 0.311 e. The van der Waals surface area contributed by atoms with Gasteiger partial charge in [0.1, 0.15) is 0 Å². The number of aryl methyl sites for hydroxylation is 1. The van der Waals surface area contributed by atoms with E-state index in [9.17, 15) is 23.3 Å². The lowest BCUT2D eigenvalue weighted by molar-refractivity contribution is -0.385. The van der Waals surface area contributed by atoms with Crippen LogP contribution >= 0.6 is 0 Å². The monoisotopic (exact) mass is 328 g/mol. The molecule has 22 heavy (non-hydrogen) atoms. The Morgan fingerprint density at radius 3 is 2.82 bits per heavy atom. The van der Waals surface area contributed by atoms with E-state index in [2.05, 4.69) is 5.32 Å². The third kappa shape index (κ3) is 4.17. The van der Waals surface area contributed by atoms with Crippen LogP contribution in [0, 0.1) is 17.0 Å². The van der Waals surface area contributed by atoms with Crippen LogP contribution in [0.2, 0.25) is 0 Å². The molecule has 9 heteroatoms. The maximum absolute atomic E-state index is 11.7. The fourth-order valence-corrected chi connectivity index (χ4v) is 3.89. The number of nitrogens with one attached hydrogen (secondary N) is 1. The highest BCUT2D eigenvalue weighted by Crippen LogP contribution is 2.27. The van der Waals surface area contributed by atoms with Gasteiger partial charge in [-0.1, -0.05) is 6.07 Å². The van der Waals surface area contributed by atoms with Crippen LogP contribution in [0.15, 0.2) is 18.2 Å². The quantitative estimate of drug-likeness (QED) is 0.624. The molecule has 0 aromatic heterocycles. The number of hydrogen-bond acceptors (Lipinski definition) is 6. The minimum absolute atomic E-state index is 0.00444. The first-order valence-electron chi connectivity index (χ1n) is 6.64. The molecule has 1 heterocycles. The minimum Gasteiger partial charge on any atom is -0.477 e. The Bertz CT molecular complexity index is 700. The van der Waals surface area contributed by atoms with E-state index in [1.807, 2.05) is 0 Å². The van der Waals surface area contributed by atoms with Gasteiger partial charge in [-0.3, -0.25) is 14.9 Å². The largest absolute Gasteiger partial charge is 0.477 e. The van der Waals surface area contributed by atoms with E-state index in [1.165, 1.54) is 12.1 Å². The molecule has 0 saturated carbocycles. The molecule has 0 bridgehead atoms. The number of carbonyl (C=O) groups is 1. The molecule has 0 radical (unpaired) electrons. The SMILES string of the molecule is Cc1ccc(OCC(=O)N[C@H]2CCS(=O)(=O)C2)c([N+](=O)[O-])c1. The molecule has 0 spiro atoms. The molecule has 120 valence electrons. The molecule has 0 unspecified atom stereocenters. The number of carbonyl (C=O) groups excluding carboxylic acids is 1. The molecule has 1 aromatic rings. The second kappa shape index (κ2) is 6.30. The van der Waals surface area contributed by atoms with Crippen molar-refractivity contribution in [2.75, 3.05) is 18.1 Å². The number of rotatable bonds is 5. The number of amides is 1. The number of nitrogens with zero attached hydrogens (tertiary/aromatic N) is 1. The predicted octanol–water partition coefficient (Wildman–Crippen LogP) is 0.585. The topological polar surface area (TPSA) is 116 Å². The summed E-state index contributed by atoms with van der Waals surface area (Å²) < 4.78 is 27.8. The highest BCUT2D eigenvalue weighted by atomic mass is 32.2. The molecule has 1 aliphatic heterocycles. The Hall–Kier alpha value is -2.16. The molecule has 1 amide bonds. The number of nitro groups is 1. The van der Waals surface area contributed by atoms with Crippen LogP contribution in [-0.2, 0) is 14.6 Å². The van der Waals surface area contributed by atoms with Gasteiger partial charge in [-0.25, -0.2) is 8.42 Å². The summed E-state index contributed by atoms with van der Waals surface area (Å²) in [5.74, 6) is -0.521. The van der Waals surface area contributed by atoms with Gasteiger partial charge in [0, 0.05) is 12.1 Å². The first-order chi connectivity index (χ1) is 10.3. The molecule has 1 aliphatic rings. The van der Waals surface area contributed by atoms with Crippen LogP contribution in [0.4, 0.5) is 5.69 Å². The summed E-state index contributed by atoms with van der Waals surface area (Å²) in [6.45, 7) is 1.31. The summed E-state index contributed by atoms with van der Waals surface area (Å²) in [5, 5.41) is 13.5. The third-order valence-corrected chi connectivity index (χ3v) is 5.04. The molecule has 1 saturated heterocycles. The van der Waals surface area contributed by atoms with Crippen LogP contribution in [-0.4, -0.2) is 43.4 Å². The van der Waals surface area contributed by atoms with Crippen molar-refractivity contribution in [2.45, 2.75) is 19.4 Å². The Morgan fingerprint density at radius 2 is 2.23 bits per heavy atom. The van der Waals surface area contributed by atoms with Crippen molar-refractivity contribution in [3.63, 3.8) is 0 Å². The van der Waals surface area contributed by atoms with Crippen molar-refractivity contribution in [3.8, 4) is 5.75 Å². The van der Waals surface area contributed by atoms with E-state index in [0.29, 0.717) is 12.0 Å². The van der Waals surface area contributed by atoms with E-state index in [0.717, 1.165) is 0 Å². The van der Waals surface area contributed by atoms with E-state index in [4.69, 9.17) is 4.74 Å². The Morgan fingerprint density at radius 1 is 1.50 bits per heavy atom. The van der Waals surface area contributed by atoms with Crippen LogP contribution in [0.3, 0.4) is 0 Å². The third-order valence-electron chi connectivity index (χ3n) is 3.27. The van der Waals surface area contributed by atoms with Gasteiger partial charge in [0.2, 0.25) is 0 Å². The van der Waals surface area contributed by atoms with Crippen LogP contribution < -0.4 is 10.1 Å². The minimum atomic E-state index is -3.08. The van der Waals surface area contributed by atoms with Gasteiger partial charge in [0.25, 0.3) is 5.91 Å². The average molecular weight is 328 g/mol. The Kier molecular flexibility index (Phi) is 4.65. The average Bonchev–Trinajstić information content (AvgIpc) is 2.76. The maximum Gasteiger partial charge on any atom is 0.311 e.